The van der Waals surface area contributed by atoms with Gasteiger partial charge in [0.1, 0.15) is 6.29 Å². The molecular weight excluding hydrogens is 170 g/mol. The van der Waals surface area contributed by atoms with Gasteiger partial charge in [0.15, 0.2) is 0 Å². The Balaban J connectivity index is 3.09. The van der Waals surface area contributed by atoms with Crippen molar-refractivity contribution in [2.45, 2.75) is 17.7 Å². The van der Waals surface area contributed by atoms with Crippen LogP contribution in [-0.4, -0.2) is 6.29 Å². The number of aldehydes is 1. The van der Waals surface area contributed by atoms with Gasteiger partial charge in [0.25, 0.3) is 0 Å². The monoisotopic (exact) mass is 181 g/mol. The van der Waals surface area contributed by atoms with Gasteiger partial charge in [-0.3, -0.25) is 0 Å². The van der Waals surface area contributed by atoms with Crippen molar-refractivity contribution in [3.8, 4) is 0 Å². The second-order valence-electron chi connectivity index (χ2n) is 2.74. The average molecular weight is 181 g/mol. The molecule has 0 bridgehead atoms. The number of carbonyl (C=O) groups is 1. The van der Waals surface area contributed by atoms with E-state index in [4.69, 9.17) is 5.73 Å². The van der Waals surface area contributed by atoms with Crippen LogP contribution < -0.4 is 5.73 Å². The molecule has 0 saturated heterocycles. The molecule has 0 amide bonds. The molecule has 0 fully saturated rings. The minimum Gasteiger partial charge on any atom is -0.399 e. The highest BCUT2D eigenvalue weighted by Gasteiger charge is 2.06. The quantitative estimate of drug-likeness (QED) is 0.415. The van der Waals surface area contributed by atoms with Crippen molar-refractivity contribution in [1.82, 2.24) is 0 Å². The fraction of sp³-hybridized carbons (Fsp3) is 0.222. The van der Waals surface area contributed by atoms with Crippen LogP contribution in [-0.2, 0) is 4.79 Å². The third-order valence-electron chi connectivity index (χ3n) is 1.75. The minimum absolute atomic E-state index is 0.113. The second kappa shape index (κ2) is 3.63. The molecule has 1 rings (SSSR count). The SMILES string of the molecule is CC(C=O)c1ccc(N)cc1S. The predicted molar refractivity (Wildman–Crippen MR) is 52.6 cm³/mol. The predicted octanol–water partition coefficient (Wildman–Crippen LogP) is 1.86. The standard InChI is InChI=1S/C9H11NOS/c1-6(5-11)8-3-2-7(10)4-9(8)12/h2-6,12H,10H2,1H3. The summed E-state index contributed by atoms with van der Waals surface area (Å²) in [6.07, 6.45) is 0.894. The fourth-order valence-corrected chi connectivity index (χ4v) is 1.45. The number of benzene rings is 1. The van der Waals surface area contributed by atoms with E-state index < -0.39 is 0 Å². The first-order chi connectivity index (χ1) is 5.65. The Bertz CT molecular complexity index is 299. The lowest BCUT2D eigenvalue weighted by Crippen LogP contribution is -1.96. The molecule has 1 aromatic carbocycles. The van der Waals surface area contributed by atoms with Crippen LogP contribution in [0.3, 0.4) is 0 Å². The summed E-state index contributed by atoms with van der Waals surface area (Å²) in [6.45, 7) is 1.83. The number of hydrogen-bond acceptors (Lipinski definition) is 3. The first kappa shape index (κ1) is 9.13. The molecule has 0 radical (unpaired) electrons. The van der Waals surface area contributed by atoms with Crippen LogP contribution in [0, 0.1) is 0 Å². The largest absolute Gasteiger partial charge is 0.399 e. The molecule has 0 spiro atoms. The molecule has 0 aliphatic rings. The van der Waals surface area contributed by atoms with Gasteiger partial charge in [-0.2, -0.15) is 0 Å². The van der Waals surface area contributed by atoms with E-state index in [9.17, 15) is 4.79 Å². The molecule has 1 atom stereocenters. The number of nitrogens with two attached hydrogens (primary N) is 1. The summed E-state index contributed by atoms with van der Waals surface area (Å²) in [4.78, 5) is 11.3. The maximum atomic E-state index is 10.5. The molecule has 3 heteroatoms. The van der Waals surface area contributed by atoms with Crippen molar-refractivity contribution in [2.24, 2.45) is 0 Å². The molecule has 12 heavy (non-hydrogen) atoms. The van der Waals surface area contributed by atoms with E-state index >= 15 is 0 Å². The van der Waals surface area contributed by atoms with Gasteiger partial charge in [0.05, 0.1) is 0 Å². The maximum Gasteiger partial charge on any atom is 0.127 e. The first-order valence-corrected chi connectivity index (χ1v) is 4.13. The topological polar surface area (TPSA) is 43.1 Å². The van der Waals surface area contributed by atoms with Crippen LogP contribution >= 0.6 is 12.6 Å². The Kier molecular flexibility index (Phi) is 2.76. The lowest BCUT2D eigenvalue weighted by atomic mass is 10.0. The molecule has 1 unspecified atom stereocenters. The Morgan fingerprint density at radius 2 is 2.25 bits per heavy atom. The van der Waals surface area contributed by atoms with Crippen molar-refractivity contribution in [3.63, 3.8) is 0 Å². The van der Waals surface area contributed by atoms with E-state index in [-0.39, 0.29) is 5.92 Å². The Morgan fingerprint density at radius 3 is 2.75 bits per heavy atom. The Hall–Kier alpha value is -0.960. The molecule has 0 heterocycles. The average Bonchev–Trinajstić information content (AvgIpc) is 2.03. The number of rotatable bonds is 2. The lowest BCUT2D eigenvalue weighted by molar-refractivity contribution is -0.108. The number of hydrogen-bond donors (Lipinski definition) is 2. The van der Waals surface area contributed by atoms with Gasteiger partial charge in [-0.25, -0.2) is 0 Å². The van der Waals surface area contributed by atoms with E-state index in [1.54, 1.807) is 12.1 Å². The molecule has 0 aromatic heterocycles. The second-order valence-corrected chi connectivity index (χ2v) is 3.22. The van der Waals surface area contributed by atoms with E-state index in [2.05, 4.69) is 12.6 Å². The highest BCUT2D eigenvalue weighted by molar-refractivity contribution is 7.80. The van der Waals surface area contributed by atoms with Crippen molar-refractivity contribution in [1.29, 1.82) is 0 Å². The van der Waals surface area contributed by atoms with Crippen LogP contribution in [0.2, 0.25) is 0 Å². The molecular formula is C9H11NOS. The summed E-state index contributed by atoms with van der Waals surface area (Å²) >= 11 is 4.22. The maximum absolute atomic E-state index is 10.5. The fourth-order valence-electron chi connectivity index (χ4n) is 1.02. The van der Waals surface area contributed by atoms with E-state index in [1.807, 2.05) is 13.0 Å². The van der Waals surface area contributed by atoms with Gasteiger partial charge < -0.3 is 10.5 Å². The van der Waals surface area contributed by atoms with Crippen LogP contribution in [0.15, 0.2) is 23.1 Å². The third-order valence-corrected chi connectivity index (χ3v) is 2.14. The molecule has 0 aliphatic carbocycles. The first-order valence-electron chi connectivity index (χ1n) is 3.69. The smallest absolute Gasteiger partial charge is 0.127 e. The summed E-state index contributed by atoms with van der Waals surface area (Å²) in [5, 5.41) is 0. The lowest BCUT2D eigenvalue weighted by Gasteiger charge is -2.07. The van der Waals surface area contributed by atoms with Crippen molar-refractivity contribution < 1.29 is 4.79 Å². The Morgan fingerprint density at radius 1 is 1.58 bits per heavy atom. The molecule has 2 nitrogen and oxygen atoms in total. The molecule has 1 aromatic rings. The zero-order valence-electron chi connectivity index (χ0n) is 6.82. The molecule has 64 valence electrons. The van der Waals surface area contributed by atoms with Gasteiger partial charge in [0, 0.05) is 16.5 Å². The van der Waals surface area contributed by atoms with Gasteiger partial charge in [-0.05, 0) is 17.7 Å². The van der Waals surface area contributed by atoms with Gasteiger partial charge in [-0.15, -0.1) is 12.6 Å². The summed E-state index contributed by atoms with van der Waals surface area (Å²) in [6, 6.07) is 5.35. The molecule has 0 saturated carbocycles. The number of carbonyl (C=O) groups excluding carboxylic acids is 1. The van der Waals surface area contributed by atoms with Crippen LogP contribution in [0.5, 0.6) is 0 Å². The van der Waals surface area contributed by atoms with Crippen LogP contribution in [0.25, 0.3) is 0 Å². The number of nitrogen functional groups attached to an aromatic ring is 1. The van der Waals surface area contributed by atoms with Crippen molar-refractivity contribution in [2.75, 3.05) is 5.73 Å². The van der Waals surface area contributed by atoms with Gasteiger partial charge in [-0.1, -0.05) is 13.0 Å². The minimum atomic E-state index is -0.113. The van der Waals surface area contributed by atoms with Gasteiger partial charge >= 0.3 is 0 Å². The molecule has 2 N–H and O–H groups in total. The highest BCUT2D eigenvalue weighted by atomic mass is 32.1. The molecule has 0 aliphatic heterocycles. The third kappa shape index (κ3) is 1.80. The summed E-state index contributed by atoms with van der Waals surface area (Å²) in [7, 11) is 0. The van der Waals surface area contributed by atoms with E-state index in [0.717, 1.165) is 16.7 Å². The summed E-state index contributed by atoms with van der Waals surface area (Å²) in [5.41, 5.74) is 7.12. The number of anilines is 1. The highest BCUT2D eigenvalue weighted by Crippen LogP contribution is 2.23. The zero-order chi connectivity index (χ0) is 9.14. The van der Waals surface area contributed by atoms with E-state index in [0.29, 0.717) is 5.69 Å². The number of thiol groups is 1. The van der Waals surface area contributed by atoms with Crippen molar-refractivity contribution in [3.05, 3.63) is 23.8 Å². The van der Waals surface area contributed by atoms with Crippen LogP contribution in [0.4, 0.5) is 5.69 Å². The van der Waals surface area contributed by atoms with E-state index in [1.165, 1.54) is 0 Å². The summed E-state index contributed by atoms with van der Waals surface area (Å²) in [5.74, 6) is -0.113. The summed E-state index contributed by atoms with van der Waals surface area (Å²) < 4.78 is 0. The Labute approximate surface area is 77.2 Å². The normalized spacial score (nSPS) is 12.5. The van der Waals surface area contributed by atoms with Crippen LogP contribution in [0.1, 0.15) is 18.4 Å². The van der Waals surface area contributed by atoms with Crippen molar-refractivity contribution >= 4 is 24.6 Å². The van der Waals surface area contributed by atoms with Gasteiger partial charge in [0.2, 0.25) is 0 Å². The zero-order valence-corrected chi connectivity index (χ0v) is 7.71.